The molecule has 1 aromatic heterocycles. The van der Waals surface area contributed by atoms with Crippen LogP contribution in [0.2, 0.25) is 0 Å². The summed E-state index contributed by atoms with van der Waals surface area (Å²) >= 11 is 6.21. The zero-order valence-corrected chi connectivity index (χ0v) is 10.6. The lowest BCUT2D eigenvalue weighted by atomic mass is 10.2. The first-order chi connectivity index (χ1) is 7.60. The van der Waals surface area contributed by atoms with Crippen LogP contribution in [0.1, 0.15) is 18.2 Å². The van der Waals surface area contributed by atoms with E-state index in [1.165, 1.54) is 11.8 Å². The molecule has 0 aliphatic carbocycles. The van der Waals surface area contributed by atoms with Gasteiger partial charge in [0.25, 0.3) is 5.91 Å². The van der Waals surface area contributed by atoms with Gasteiger partial charge in [-0.3, -0.25) is 9.48 Å². The molecule has 84 valence electrons. The number of hydrogen-bond donors (Lipinski definition) is 1. The molecule has 1 N–H and O–H groups in total. The SMILES string of the molecule is CCn1cc(/C=C2\SC(=S)NC2=O)c(C)n1. The molecule has 0 spiro atoms. The van der Waals surface area contributed by atoms with E-state index >= 15 is 0 Å². The molecule has 2 heterocycles. The van der Waals surface area contributed by atoms with Crippen LogP contribution in [0.3, 0.4) is 0 Å². The second-order valence-electron chi connectivity index (χ2n) is 3.38. The fourth-order valence-corrected chi connectivity index (χ4v) is 2.43. The highest BCUT2D eigenvalue weighted by atomic mass is 32.2. The third-order valence-electron chi connectivity index (χ3n) is 2.24. The van der Waals surface area contributed by atoms with E-state index in [2.05, 4.69) is 10.4 Å². The van der Waals surface area contributed by atoms with Crippen molar-refractivity contribution in [1.29, 1.82) is 0 Å². The molecule has 1 aliphatic rings. The van der Waals surface area contributed by atoms with Crippen molar-refractivity contribution in [3.8, 4) is 0 Å². The fourth-order valence-electron chi connectivity index (χ4n) is 1.40. The monoisotopic (exact) mass is 253 g/mol. The number of aryl methyl sites for hydroxylation is 2. The second kappa shape index (κ2) is 4.39. The lowest BCUT2D eigenvalue weighted by Gasteiger charge is -1.91. The molecule has 0 unspecified atom stereocenters. The summed E-state index contributed by atoms with van der Waals surface area (Å²) in [6.07, 6.45) is 3.76. The summed E-state index contributed by atoms with van der Waals surface area (Å²) in [5.41, 5.74) is 1.88. The van der Waals surface area contributed by atoms with Crippen LogP contribution in [-0.4, -0.2) is 20.0 Å². The predicted molar refractivity (Wildman–Crippen MR) is 68.9 cm³/mol. The molecule has 0 radical (unpaired) electrons. The highest BCUT2D eigenvalue weighted by molar-refractivity contribution is 8.26. The predicted octanol–water partition coefficient (Wildman–Crippen LogP) is 1.70. The first-order valence-corrected chi connectivity index (χ1v) is 6.11. The highest BCUT2D eigenvalue weighted by Gasteiger charge is 2.22. The lowest BCUT2D eigenvalue weighted by Crippen LogP contribution is -2.17. The number of hydrogen-bond acceptors (Lipinski definition) is 4. The van der Waals surface area contributed by atoms with Gasteiger partial charge in [0.05, 0.1) is 10.6 Å². The number of amides is 1. The van der Waals surface area contributed by atoms with Gasteiger partial charge in [-0.15, -0.1) is 0 Å². The van der Waals surface area contributed by atoms with Crippen LogP contribution in [0.5, 0.6) is 0 Å². The molecular weight excluding hydrogens is 242 g/mol. The number of carbonyl (C=O) groups is 1. The van der Waals surface area contributed by atoms with Crippen molar-refractivity contribution in [2.75, 3.05) is 0 Å². The van der Waals surface area contributed by atoms with Crippen molar-refractivity contribution in [2.45, 2.75) is 20.4 Å². The van der Waals surface area contributed by atoms with Gasteiger partial charge in [-0.25, -0.2) is 0 Å². The Morgan fingerprint density at radius 1 is 1.69 bits per heavy atom. The molecular formula is C10H11N3OS2. The van der Waals surface area contributed by atoms with Crippen molar-refractivity contribution in [3.63, 3.8) is 0 Å². The summed E-state index contributed by atoms with van der Waals surface area (Å²) in [4.78, 5) is 12.1. The molecule has 1 fully saturated rings. The van der Waals surface area contributed by atoms with E-state index in [0.717, 1.165) is 17.8 Å². The van der Waals surface area contributed by atoms with Gasteiger partial charge < -0.3 is 5.32 Å². The smallest absolute Gasteiger partial charge is 0.263 e. The fraction of sp³-hybridized carbons (Fsp3) is 0.300. The maximum absolute atomic E-state index is 11.5. The van der Waals surface area contributed by atoms with E-state index in [0.29, 0.717) is 9.23 Å². The Balaban J connectivity index is 2.32. The van der Waals surface area contributed by atoms with Crippen LogP contribution >= 0.6 is 24.0 Å². The molecule has 0 bridgehead atoms. The molecule has 0 atom stereocenters. The maximum Gasteiger partial charge on any atom is 0.263 e. The molecule has 0 aromatic carbocycles. The normalized spacial score (nSPS) is 18.2. The summed E-state index contributed by atoms with van der Waals surface area (Å²) in [5, 5.41) is 6.90. The standard InChI is InChI=1S/C10H11N3OS2/c1-3-13-5-7(6(2)12-13)4-8-9(14)11-10(15)16-8/h4-5H,3H2,1-2H3,(H,11,14,15)/b8-4-. The first kappa shape index (κ1) is 11.3. The van der Waals surface area contributed by atoms with Gasteiger partial charge in [0, 0.05) is 18.3 Å². The molecule has 1 aromatic rings. The van der Waals surface area contributed by atoms with E-state index in [4.69, 9.17) is 12.2 Å². The summed E-state index contributed by atoms with van der Waals surface area (Å²) in [6.45, 7) is 4.77. The number of thiocarbonyl (C=S) groups is 1. The number of rotatable bonds is 2. The summed E-state index contributed by atoms with van der Waals surface area (Å²) in [5.74, 6) is -0.126. The van der Waals surface area contributed by atoms with Crippen molar-refractivity contribution in [1.82, 2.24) is 15.1 Å². The average Bonchev–Trinajstić information content (AvgIpc) is 2.72. The molecule has 6 heteroatoms. The van der Waals surface area contributed by atoms with Gasteiger partial charge in [-0.2, -0.15) is 5.10 Å². The van der Waals surface area contributed by atoms with Gasteiger partial charge in [0.1, 0.15) is 4.32 Å². The van der Waals surface area contributed by atoms with Crippen LogP contribution in [0.4, 0.5) is 0 Å². The van der Waals surface area contributed by atoms with E-state index in [-0.39, 0.29) is 5.91 Å². The Hall–Kier alpha value is -1.14. The Morgan fingerprint density at radius 2 is 2.44 bits per heavy atom. The molecule has 16 heavy (non-hydrogen) atoms. The number of nitrogens with one attached hydrogen (secondary N) is 1. The summed E-state index contributed by atoms with van der Waals surface area (Å²) in [6, 6.07) is 0. The zero-order valence-electron chi connectivity index (χ0n) is 8.98. The maximum atomic E-state index is 11.5. The molecule has 1 saturated heterocycles. The number of nitrogens with zero attached hydrogens (tertiary/aromatic N) is 2. The average molecular weight is 253 g/mol. The first-order valence-electron chi connectivity index (χ1n) is 4.89. The Morgan fingerprint density at radius 3 is 2.94 bits per heavy atom. The number of aromatic nitrogens is 2. The van der Waals surface area contributed by atoms with Crippen molar-refractivity contribution >= 4 is 40.3 Å². The summed E-state index contributed by atoms with van der Waals surface area (Å²) < 4.78 is 2.36. The highest BCUT2D eigenvalue weighted by Crippen LogP contribution is 2.26. The number of thioether (sulfide) groups is 1. The van der Waals surface area contributed by atoms with Crippen LogP contribution < -0.4 is 5.32 Å². The van der Waals surface area contributed by atoms with Crippen LogP contribution in [0.15, 0.2) is 11.1 Å². The largest absolute Gasteiger partial charge is 0.307 e. The molecule has 0 saturated carbocycles. The quantitative estimate of drug-likeness (QED) is 0.644. The molecule has 2 rings (SSSR count). The van der Waals surface area contributed by atoms with Gasteiger partial charge in [0.15, 0.2) is 0 Å². The van der Waals surface area contributed by atoms with Gasteiger partial charge in [0.2, 0.25) is 0 Å². The van der Waals surface area contributed by atoms with Gasteiger partial charge in [-0.1, -0.05) is 24.0 Å². The van der Waals surface area contributed by atoms with E-state index < -0.39 is 0 Å². The molecule has 1 aliphatic heterocycles. The van der Waals surface area contributed by atoms with E-state index in [1.807, 2.05) is 30.8 Å². The minimum absolute atomic E-state index is 0.126. The lowest BCUT2D eigenvalue weighted by molar-refractivity contribution is -0.115. The third-order valence-corrected chi connectivity index (χ3v) is 3.40. The van der Waals surface area contributed by atoms with Crippen LogP contribution in [0, 0.1) is 6.92 Å². The van der Waals surface area contributed by atoms with Crippen LogP contribution in [-0.2, 0) is 11.3 Å². The van der Waals surface area contributed by atoms with Gasteiger partial charge >= 0.3 is 0 Å². The van der Waals surface area contributed by atoms with Crippen molar-refractivity contribution < 1.29 is 4.79 Å². The van der Waals surface area contributed by atoms with Crippen molar-refractivity contribution in [2.24, 2.45) is 0 Å². The Kier molecular flexibility index (Phi) is 3.11. The molecule has 1 amide bonds. The summed E-state index contributed by atoms with van der Waals surface area (Å²) in [7, 11) is 0. The Labute approximate surface area is 103 Å². The Bertz CT molecular complexity index is 490. The minimum atomic E-state index is -0.126. The minimum Gasteiger partial charge on any atom is -0.307 e. The third kappa shape index (κ3) is 2.17. The second-order valence-corrected chi connectivity index (χ2v) is 5.10. The molecule has 4 nitrogen and oxygen atoms in total. The zero-order chi connectivity index (χ0) is 11.7. The van der Waals surface area contributed by atoms with E-state index in [9.17, 15) is 4.79 Å². The number of carbonyl (C=O) groups excluding carboxylic acids is 1. The topological polar surface area (TPSA) is 46.9 Å². The van der Waals surface area contributed by atoms with Gasteiger partial charge in [-0.05, 0) is 19.9 Å². The van der Waals surface area contributed by atoms with Crippen molar-refractivity contribution in [3.05, 3.63) is 22.4 Å². The van der Waals surface area contributed by atoms with E-state index in [1.54, 1.807) is 0 Å². The van der Waals surface area contributed by atoms with Crippen LogP contribution in [0.25, 0.3) is 6.08 Å².